The number of nitrogens with zero attached hydrogens (tertiary/aromatic N) is 2. The zero-order valence-electron chi connectivity index (χ0n) is 22.5. The summed E-state index contributed by atoms with van der Waals surface area (Å²) in [5.74, 6) is -1.06. The minimum absolute atomic E-state index is 0.0124. The maximum absolute atomic E-state index is 14.0. The van der Waals surface area contributed by atoms with Crippen LogP contribution >= 0.6 is 0 Å². The first-order valence-corrected chi connectivity index (χ1v) is 14.3. The van der Waals surface area contributed by atoms with Crippen LogP contribution < -0.4 is 14.4 Å². The first-order chi connectivity index (χ1) is 18.5. The molecule has 3 rings (SSSR count). The molecule has 0 saturated carbocycles. The average Bonchev–Trinajstić information content (AvgIpc) is 2.88. The predicted octanol–water partition coefficient (Wildman–Crippen LogP) is 3.77. The lowest BCUT2D eigenvalue weighted by atomic mass is 10.0. The van der Waals surface area contributed by atoms with Gasteiger partial charge in [-0.25, -0.2) is 12.8 Å². The van der Waals surface area contributed by atoms with E-state index in [1.54, 1.807) is 24.3 Å². The smallest absolute Gasteiger partial charge is 0.244 e. The Morgan fingerprint density at radius 3 is 2.23 bits per heavy atom. The van der Waals surface area contributed by atoms with Crippen LogP contribution in [-0.2, 0) is 32.6 Å². The van der Waals surface area contributed by atoms with Crippen molar-refractivity contribution in [2.45, 2.75) is 38.9 Å². The molecule has 0 radical (unpaired) electrons. The van der Waals surface area contributed by atoms with E-state index in [2.05, 4.69) is 5.32 Å². The van der Waals surface area contributed by atoms with Crippen molar-refractivity contribution in [3.63, 3.8) is 0 Å². The summed E-state index contributed by atoms with van der Waals surface area (Å²) in [7, 11) is -2.44. The third kappa shape index (κ3) is 8.54. The van der Waals surface area contributed by atoms with Crippen molar-refractivity contribution in [3.8, 4) is 5.75 Å². The Hall–Kier alpha value is -3.92. The van der Waals surface area contributed by atoms with Gasteiger partial charge in [0.1, 0.15) is 24.2 Å². The molecule has 3 aromatic carbocycles. The highest BCUT2D eigenvalue weighted by atomic mass is 32.2. The number of nitrogens with one attached hydrogen (secondary N) is 1. The second-order valence-corrected chi connectivity index (χ2v) is 11.4. The van der Waals surface area contributed by atoms with Crippen molar-refractivity contribution in [1.29, 1.82) is 0 Å². The summed E-state index contributed by atoms with van der Waals surface area (Å²) in [5.41, 5.74) is 1.53. The summed E-state index contributed by atoms with van der Waals surface area (Å²) in [6.45, 7) is 3.04. The van der Waals surface area contributed by atoms with Crippen molar-refractivity contribution < 1.29 is 27.1 Å². The van der Waals surface area contributed by atoms with Gasteiger partial charge in [0.2, 0.25) is 21.8 Å². The molecule has 0 heterocycles. The summed E-state index contributed by atoms with van der Waals surface area (Å²) in [5, 5.41) is 2.89. The van der Waals surface area contributed by atoms with Gasteiger partial charge in [-0.05, 0) is 55.3 Å². The molecule has 39 heavy (non-hydrogen) atoms. The number of anilines is 1. The van der Waals surface area contributed by atoms with Crippen molar-refractivity contribution in [3.05, 3.63) is 95.8 Å². The van der Waals surface area contributed by atoms with Gasteiger partial charge in [-0.15, -0.1) is 0 Å². The van der Waals surface area contributed by atoms with E-state index in [4.69, 9.17) is 4.74 Å². The van der Waals surface area contributed by atoms with Gasteiger partial charge in [0.05, 0.1) is 19.1 Å². The van der Waals surface area contributed by atoms with Gasteiger partial charge in [0.15, 0.2) is 0 Å². The molecular weight excluding hydrogens is 521 g/mol. The van der Waals surface area contributed by atoms with Crippen LogP contribution in [0.5, 0.6) is 5.75 Å². The van der Waals surface area contributed by atoms with Crippen LogP contribution in [0.1, 0.15) is 25.0 Å². The number of benzene rings is 3. The summed E-state index contributed by atoms with van der Waals surface area (Å²) in [6, 6.07) is 20.2. The van der Waals surface area contributed by atoms with E-state index >= 15 is 0 Å². The fourth-order valence-corrected chi connectivity index (χ4v) is 4.99. The second kappa shape index (κ2) is 13.2. The minimum atomic E-state index is -3.97. The van der Waals surface area contributed by atoms with Crippen LogP contribution in [0, 0.1) is 5.82 Å². The summed E-state index contributed by atoms with van der Waals surface area (Å²) < 4.78 is 45.6. The van der Waals surface area contributed by atoms with Gasteiger partial charge in [-0.1, -0.05) is 48.5 Å². The lowest BCUT2D eigenvalue weighted by Crippen LogP contribution is -2.54. The molecule has 1 N–H and O–H groups in total. The molecule has 3 aromatic rings. The second-order valence-electron chi connectivity index (χ2n) is 9.49. The Morgan fingerprint density at radius 1 is 0.949 bits per heavy atom. The maximum atomic E-state index is 14.0. The number of ether oxygens (including phenoxy) is 1. The zero-order chi connectivity index (χ0) is 28.6. The fraction of sp³-hybridized carbons (Fsp3) is 0.310. The van der Waals surface area contributed by atoms with E-state index < -0.39 is 34.3 Å². The summed E-state index contributed by atoms with van der Waals surface area (Å²) in [4.78, 5) is 28.8. The number of methoxy groups -OCH3 is 1. The molecule has 1 atom stereocenters. The van der Waals surface area contributed by atoms with Gasteiger partial charge >= 0.3 is 0 Å². The lowest BCUT2D eigenvalue weighted by molar-refractivity contribution is -0.140. The minimum Gasteiger partial charge on any atom is -0.497 e. The van der Waals surface area contributed by atoms with Crippen LogP contribution in [0.2, 0.25) is 0 Å². The number of carbonyl (C=O) groups excluding carboxylic acids is 2. The van der Waals surface area contributed by atoms with Crippen LogP contribution in [-0.4, -0.2) is 57.1 Å². The van der Waals surface area contributed by atoms with Gasteiger partial charge < -0.3 is 15.0 Å². The van der Waals surface area contributed by atoms with E-state index in [1.165, 1.54) is 30.2 Å². The number of hydrogen-bond acceptors (Lipinski definition) is 5. The number of hydrogen-bond donors (Lipinski definition) is 1. The Labute approximate surface area is 229 Å². The first-order valence-electron chi connectivity index (χ1n) is 12.5. The molecular formula is C29H34FN3O5S. The van der Waals surface area contributed by atoms with E-state index in [9.17, 15) is 22.4 Å². The predicted molar refractivity (Wildman–Crippen MR) is 149 cm³/mol. The zero-order valence-corrected chi connectivity index (χ0v) is 23.3. The van der Waals surface area contributed by atoms with Crippen molar-refractivity contribution in [1.82, 2.24) is 10.2 Å². The van der Waals surface area contributed by atoms with Gasteiger partial charge in [0.25, 0.3) is 0 Å². The van der Waals surface area contributed by atoms with E-state index in [1.807, 2.05) is 44.2 Å². The standard InChI is InChI=1S/C29H34FN3O5S/c1-21(2)31-29(35)27(17-22-10-6-5-7-11-22)32(19-23-12-8-15-26(16-23)38-3)28(34)20-33(39(4,36)37)25-14-9-13-24(30)18-25/h5-16,18,21,27H,17,19-20H2,1-4H3,(H,31,35). The molecule has 1 unspecified atom stereocenters. The third-order valence-electron chi connectivity index (χ3n) is 5.96. The van der Waals surface area contributed by atoms with Crippen LogP contribution in [0.25, 0.3) is 0 Å². The van der Waals surface area contributed by atoms with Crippen LogP contribution in [0.15, 0.2) is 78.9 Å². The number of rotatable bonds is 12. The quantitative estimate of drug-likeness (QED) is 0.367. The normalized spacial score (nSPS) is 12.1. The fourth-order valence-electron chi connectivity index (χ4n) is 4.15. The highest BCUT2D eigenvalue weighted by molar-refractivity contribution is 7.92. The topological polar surface area (TPSA) is 96.0 Å². The molecule has 2 amide bonds. The van der Waals surface area contributed by atoms with Crippen molar-refractivity contribution >= 4 is 27.5 Å². The molecule has 208 valence electrons. The highest BCUT2D eigenvalue weighted by Gasteiger charge is 2.33. The molecule has 0 bridgehead atoms. The Kier molecular flexibility index (Phi) is 10.1. The highest BCUT2D eigenvalue weighted by Crippen LogP contribution is 2.22. The molecule has 0 fully saturated rings. The maximum Gasteiger partial charge on any atom is 0.244 e. The van der Waals surface area contributed by atoms with Crippen molar-refractivity contribution in [2.75, 3.05) is 24.2 Å². The Bertz CT molecular complexity index is 1380. The SMILES string of the molecule is COc1cccc(CN(C(=O)CN(c2cccc(F)c2)S(C)(=O)=O)C(Cc2ccccc2)C(=O)NC(C)C)c1. The largest absolute Gasteiger partial charge is 0.497 e. The lowest BCUT2D eigenvalue weighted by Gasteiger charge is -2.34. The summed E-state index contributed by atoms with van der Waals surface area (Å²) >= 11 is 0. The van der Waals surface area contributed by atoms with Gasteiger partial charge in [-0.3, -0.25) is 13.9 Å². The molecule has 8 nitrogen and oxygen atoms in total. The summed E-state index contributed by atoms with van der Waals surface area (Å²) in [6.07, 6.45) is 1.15. The molecule has 0 aromatic heterocycles. The van der Waals surface area contributed by atoms with E-state index in [0.29, 0.717) is 11.3 Å². The van der Waals surface area contributed by atoms with E-state index in [0.717, 1.165) is 22.2 Å². The van der Waals surface area contributed by atoms with Gasteiger partial charge in [-0.2, -0.15) is 0 Å². The monoisotopic (exact) mass is 555 g/mol. The molecule has 0 spiro atoms. The molecule has 10 heteroatoms. The van der Waals surface area contributed by atoms with Crippen LogP contribution in [0.3, 0.4) is 0 Å². The molecule has 0 aliphatic rings. The van der Waals surface area contributed by atoms with Gasteiger partial charge in [0, 0.05) is 19.0 Å². The third-order valence-corrected chi connectivity index (χ3v) is 7.11. The number of amides is 2. The Balaban J connectivity index is 2.07. The Morgan fingerprint density at radius 2 is 1.62 bits per heavy atom. The van der Waals surface area contributed by atoms with Crippen LogP contribution in [0.4, 0.5) is 10.1 Å². The molecule has 0 aliphatic carbocycles. The number of carbonyl (C=O) groups is 2. The first kappa shape index (κ1) is 29.6. The number of sulfonamides is 1. The number of halogens is 1. The average molecular weight is 556 g/mol. The molecule has 0 aliphatic heterocycles. The van der Waals surface area contributed by atoms with E-state index in [-0.39, 0.29) is 30.6 Å². The molecule has 0 saturated heterocycles. The van der Waals surface area contributed by atoms with Crippen molar-refractivity contribution in [2.24, 2.45) is 0 Å².